The van der Waals surface area contributed by atoms with Crippen LogP contribution in [0.3, 0.4) is 0 Å². The van der Waals surface area contributed by atoms with Gasteiger partial charge in [0.05, 0.1) is 18.9 Å². The van der Waals surface area contributed by atoms with E-state index in [9.17, 15) is 0 Å². The lowest BCUT2D eigenvalue weighted by molar-refractivity contribution is 0.201. The van der Waals surface area contributed by atoms with Crippen molar-refractivity contribution in [3.63, 3.8) is 0 Å². The third-order valence-corrected chi connectivity index (χ3v) is 3.70. The molecule has 1 aliphatic carbocycles. The zero-order chi connectivity index (χ0) is 14.4. The molecule has 1 saturated carbocycles. The molecule has 1 aliphatic rings. The molecule has 1 N–H and O–H groups in total. The van der Waals surface area contributed by atoms with Crippen LogP contribution >= 0.6 is 0 Å². The molecule has 4 heteroatoms. The summed E-state index contributed by atoms with van der Waals surface area (Å²) in [7, 11) is 1.64. The summed E-state index contributed by atoms with van der Waals surface area (Å²) < 4.78 is 11.4. The van der Waals surface area contributed by atoms with Crippen molar-refractivity contribution in [3.8, 4) is 11.5 Å². The SMILES string of the molecule is CCC/C(=N/O)c1ccc(OC)c(OC2CCCC2)c1. The molecule has 1 fully saturated rings. The Bertz CT molecular complexity index is 465. The van der Waals surface area contributed by atoms with E-state index < -0.39 is 0 Å². The molecule has 0 aliphatic heterocycles. The zero-order valence-electron chi connectivity index (χ0n) is 12.3. The van der Waals surface area contributed by atoms with Crippen molar-refractivity contribution < 1.29 is 14.7 Å². The fraction of sp³-hybridized carbons (Fsp3) is 0.562. The molecule has 0 unspecified atom stereocenters. The van der Waals surface area contributed by atoms with E-state index in [2.05, 4.69) is 12.1 Å². The normalized spacial score (nSPS) is 16.4. The van der Waals surface area contributed by atoms with Crippen LogP contribution < -0.4 is 9.47 Å². The molecule has 0 aromatic heterocycles. The maximum atomic E-state index is 9.13. The molecule has 2 rings (SSSR count). The standard InChI is InChI=1S/C16H23NO3/c1-3-6-14(17-18)12-9-10-15(19-2)16(11-12)20-13-7-4-5-8-13/h9-11,13,18H,3-8H2,1-2H3/b17-14-. The monoisotopic (exact) mass is 277 g/mol. The van der Waals surface area contributed by atoms with E-state index in [1.807, 2.05) is 18.2 Å². The van der Waals surface area contributed by atoms with Crippen molar-refractivity contribution in [2.45, 2.75) is 51.6 Å². The molecule has 0 heterocycles. The second kappa shape index (κ2) is 7.17. The molecule has 0 saturated heterocycles. The maximum Gasteiger partial charge on any atom is 0.162 e. The Morgan fingerprint density at radius 2 is 2.05 bits per heavy atom. The summed E-state index contributed by atoms with van der Waals surface area (Å²) in [5.41, 5.74) is 1.58. The first-order valence-electron chi connectivity index (χ1n) is 7.34. The Hall–Kier alpha value is -1.71. The van der Waals surface area contributed by atoms with E-state index in [-0.39, 0.29) is 6.10 Å². The first-order chi connectivity index (χ1) is 9.78. The molecule has 0 amide bonds. The average Bonchev–Trinajstić information content (AvgIpc) is 2.97. The molecule has 0 radical (unpaired) electrons. The molecular formula is C16H23NO3. The number of hydrogen-bond acceptors (Lipinski definition) is 4. The number of hydrogen-bond donors (Lipinski definition) is 1. The minimum Gasteiger partial charge on any atom is -0.493 e. The van der Waals surface area contributed by atoms with E-state index in [1.165, 1.54) is 12.8 Å². The van der Waals surface area contributed by atoms with Gasteiger partial charge in [0, 0.05) is 5.56 Å². The first kappa shape index (κ1) is 14.7. The third-order valence-electron chi connectivity index (χ3n) is 3.70. The Kier molecular flexibility index (Phi) is 5.27. The number of ether oxygens (including phenoxy) is 2. The topological polar surface area (TPSA) is 51.1 Å². The predicted molar refractivity (Wildman–Crippen MR) is 79.1 cm³/mol. The molecule has 0 spiro atoms. The smallest absolute Gasteiger partial charge is 0.162 e. The van der Waals surface area contributed by atoms with Gasteiger partial charge in [0.2, 0.25) is 0 Å². The predicted octanol–water partition coefficient (Wildman–Crippen LogP) is 4.00. The Balaban J connectivity index is 2.23. The number of methoxy groups -OCH3 is 1. The number of benzene rings is 1. The van der Waals surface area contributed by atoms with Gasteiger partial charge in [0.25, 0.3) is 0 Å². The molecule has 4 nitrogen and oxygen atoms in total. The van der Waals surface area contributed by atoms with Crippen LogP contribution in [0.15, 0.2) is 23.4 Å². The number of rotatable bonds is 6. The Morgan fingerprint density at radius 1 is 1.30 bits per heavy atom. The van der Waals surface area contributed by atoms with Crippen molar-refractivity contribution in [1.82, 2.24) is 0 Å². The Labute approximate surface area is 120 Å². The van der Waals surface area contributed by atoms with Gasteiger partial charge in [-0.3, -0.25) is 0 Å². The average molecular weight is 277 g/mol. The van der Waals surface area contributed by atoms with Crippen LogP contribution in [0.2, 0.25) is 0 Å². The number of nitrogens with zero attached hydrogens (tertiary/aromatic N) is 1. The lowest BCUT2D eigenvalue weighted by Crippen LogP contribution is -2.12. The summed E-state index contributed by atoms with van der Waals surface area (Å²) in [5, 5.41) is 12.5. The van der Waals surface area contributed by atoms with Crippen LogP contribution in [-0.2, 0) is 0 Å². The first-order valence-corrected chi connectivity index (χ1v) is 7.34. The second-order valence-electron chi connectivity index (χ2n) is 5.19. The molecule has 0 atom stereocenters. The van der Waals surface area contributed by atoms with E-state index in [0.29, 0.717) is 5.71 Å². The lowest BCUT2D eigenvalue weighted by Gasteiger charge is -2.17. The lowest BCUT2D eigenvalue weighted by atomic mass is 10.1. The number of oxime groups is 1. The van der Waals surface area contributed by atoms with Gasteiger partial charge in [0.1, 0.15) is 0 Å². The van der Waals surface area contributed by atoms with Gasteiger partial charge in [-0.1, -0.05) is 18.5 Å². The fourth-order valence-electron chi connectivity index (χ4n) is 2.62. The van der Waals surface area contributed by atoms with E-state index in [4.69, 9.17) is 14.7 Å². The third kappa shape index (κ3) is 3.44. The fourth-order valence-corrected chi connectivity index (χ4v) is 2.62. The van der Waals surface area contributed by atoms with Crippen molar-refractivity contribution >= 4 is 5.71 Å². The van der Waals surface area contributed by atoms with Gasteiger partial charge in [-0.25, -0.2) is 0 Å². The van der Waals surface area contributed by atoms with Crippen molar-refractivity contribution in [3.05, 3.63) is 23.8 Å². The second-order valence-corrected chi connectivity index (χ2v) is 5.19. The van der Waals surface area contributed by atoms with Crippen LogP contribution in [-0.4, -0.2) is 24.1 Å². The summed E-state index contributed by atoms with van der Waals surface area (Å²) in [6.45, 7) is 2.06. The molecule has 1 aromatic carbocycles. The maximum absolute atomic E-state index is 9.13. The van der Waals surface area contributed by atoms with Gasteiger partial charge in [-0.05, 0) is 50.3 Å². The summed E-state index contributed by atoms with van der Waals surface area (Å²) >= 11 is 0. The van der Waals surface area contributed by atoms with Gasteiger partial charge in [0.15, 0.2) is 11.5 Å². The molecule has 20 heavy (non-hydrogen) atoms. The Morgan fingerprint density at radius 3 is 2.65 bits per heavy atom. The van der Waals surface area contributed by atoms with E-state index in [0.717, 1.165) is 42.7 Å². The summed E-state index contributed by atoms with van der Waals surface area (Å²) in [6.07, 6.45) is 6.61. The minimum atomic E-state index is 0.278. The molecule has 1 aromatic rings. The highest BCUT2D eigenvalue weighted by Crippen LogP contribution is 2.32. The largest absolute Gasteiger partial charge is 0.493 e. The zero-order valence-corrected chi connectivity index (χ0v) is 12.3. The quantitative estimate of drug-likeness (QED) is 0.486. The highest BCUT2D eigenvalue weighted by molar-refractivity contribution is 6.00. The van der Waals surface area contributed by atoms with Gasteiger partial charge < -0.3 is 14.7 Å². The molecular weight excluding hydrogens is 254 g/mol. The molecule has 0 bridgehead atoms. The summed E-state index contributed by atoms with van der Waals surface area (Å²) in [4.78, 5) is 0. The van der Waals surface area contributed by atoms with Gasteiger partial charge >= 0.3 is 0 Å². The van der Waals surface area contributed by atoms with Crippen LogP contribution in [0.4, 0.5) is 0 Å². The van der Waals surface area contributed by atoms with E-state index >= 15 is 0 Å². The van der Waals surface area contributed by atoms with Gasteiger partial charge in [-0.15, -0.1) is 0 Å². The van der Waals surface area contributed by atoms with Crippen LogP contribution in [0.25, 0.3) is 0 Å². The summed E-state index contributed by atoms with van der Waals surface area (Å²) in [6, 6.07) is 5.70. The van der Waals surface area contributed by atoms with Crippen molar-refractivity contribution in [2.75, 3.05) is 7.11 Å². The van der Waals surface area contributed by atoms with Crippen molar-refractivity contribution in [1.29, 1.82) is 0 Å². The highest BCUT2D eigenvalue weighted by atomic mass is 16.5. The van der Waals surface area contributed by atoms with Crippen LogP contribution in [0.1, 0.15) is 51.0 Å². The highest BCUT2D eigenvalue weighted by Gasteiger charge is 2.19. The van der Waals surface area contributed by atoms with Crippen LogP contribution in [0.5, 0.6) is 11.5 Å². The summed E-state index contributed by atoms with van der Waals surface area (Å²) in [5.74, 6) is 1.48. The van der Waals surface area contributed by atoms with Crippen LogP contribution in [0, 0.1) is 0 Å². The minimum absolute atomic E-state index is 0.278. The van der Waals surface area contributed by atoms with E-state index in [1.54, 1.807) is 7.11 Å². The van der Waals surface area contributed by atoms with Crippen molar-refractivity contribution in [2.24, 2.45) is 5.16 Å². The molecule has 110 valence electrons. The van der Waals surface area contributed by atoms with Gasteiger partial charge in [-0.2, -0.15) is 0 Å².